The molecule has 1 atom stereocenters. The first kappa shape index (κ1) is 14.4. The van der Waals surface area contributed by atoms with Gasteiger partial charge in [-0.2, -0.15) is 0 Å². The Kier molecular flexibility index (Phi) is 5.99. The van der Waals surface area contributed by atoms with E-state index in [1.165, 1.54) is 25.9 Å². The normalized spacial score (nSPS) is 20.2. The minimum Gasteiger partial charge on any atom is -0.492 e. The SMILES string of the molecule is BrCCC1CCN(CCOc2ccc(Br)cc2)C1. The Labute approximate surface area is 126 Å². The highest BCUT2D eigenvalue weighted by Gasteiger charge is 2.21. The monoisotopic (exact) mass is 375 g/mol. The summed E-state index contributed by atoms with van der Waals surface area (Å²) in [5, 5.41) is 1.13. The number of hydrogen-bond donors (Lipinski definition) is 0. The van der Waals surface area contributed by atoms with Gasteiger partial charge in [-0.3, -0.25) is 4.90 Å². The van der Waals surface area contributed by atoms with Crippen molar-refractivity contribution in [3.63, 3.8) is 0 Å². The minimum absolute atomic E-state index is 0.780. The molecule has 0 aromatic heterocycles. The molecule has 2 nitrogen and oxygen atoms in total. The van der Waals surface area contributed by atoms with Crippen molar-refractivity contribution >= 4 is 31.9 Å². The largest absolute Gasteiger partial charge is 0.492 e. The summed E-state index contributed by atoms with van der Waals surface area (Å²) < 4.78 is 6.84. The number of ether oxygens (including phenoxy) is 1. The van der Waals surface area contributed by atoms with Gasteiger partial charge >= 0.3 is 0 Å². The highest BCUT2D eigenvalue weighted by molar-refractivity contribution is 9.10. The molecule has 0 aliphatic carbocycles. The van der Waals surface area contributed by atoms with Crippen LogP contribution in [0.5, 0.6) is 5.75 Å². The van der Waals surface area contributed by atoms with E-state index in [4.69, 9.17) is 4.74 Å². The molecular weight excluding hydrogens is 358 g/mol. The second-order valence-corrected chi connectivity index (χ2v) is 6.44. The first-order valence-corrected chi connectivity index (χ1v) is 8.36. The molecule has 1 heterocycles. The molecule has 0 amide bonds. The predicted molar refractivity (Wildman–Crippen MR) is 82.6 cm³/mol. The van der Waals surface area contributed by atoms with E-state index >= 15 is 0 Å². The molecular formula is C14H19Br2NO. The number of alkyl halides is 1. The molecule has 2 rings (SSSR count). The number of hydrogen-bond acceptors (Lipinski definition) is 2. The summed E-state index contributed by atoms with van der Waals surface area (Å²) >= 11 is 6.94. The van der Waals surface area contributed by atoms with Crippen molar-refractivity contribution in [2.45, 2.75) is 12.8 Å². The number of benzene rings is 1. The van der Waals surface area contributed by atoms with E-state index in [0.717, 1.165) is 34.6 Å². The van der Waals surface area contributed by atoms with Crippen LogP contribution in [-0.4, -0.2) is 36.5 Å². The molecule has 1 aliphatic heterocycles. The molecule has 0 bridgehead atoms. The molecule has 1 aliphatic rings. The highest BCUT2D eigenvalue weighted by Crippen LogP contribution is 2.20. The van der Waals surface area contributed by atoms with Crippen molar-refractivity contribution in [3.05, 3.63) is 28.7 Å². The number of rotatable bonds is 6. The minimum atomic E-state index is 0.780. The molecule has 4 heteroatoms. The van der Waals surface area contributed by atoms with Crippen molar-refractivity contribution in [2.24, 2.45) is 5.92 Å². The maximum atomic E-state index is 5.75. The van der Waals surface area contributed by atoms with E-state index in [-0.39, 0.29) is 0 Å². The van der Waals surface area contributed by atoms with Crippen LogP contribution in [0.4, 0.5) is 0 Å². The van der Waals surface area contributed by atoms with Crippen LogP contribution in [0.2, 0.25) is 0 Å². The van der Waals surface area contributed by atoms with Gasteiger partial charge in [0.25, 0.3) is 0 Å². The van der Waals surface area contributed by atoms with Crippen LogP contribution in [0.3, 0.4) is 0 Å². The molecule has 1 aromatic rings. The summed E-state index contributed by atoms with van der Waals surface area (Å²) in [4.78, 5) is 2.51. The van der Waals surface area contributed by atoms with E-state index in [1.54, 1.807) is 0 Å². The Bertz CT molecular complexity index is 355. The number of nitrogens with zero attached hydrogens (tertiary/aromatic N) is 1. The van der Waals surface area contributed by atoms with Crippen molar-refractivity contribution in [1.82, 2.24) is 4.90 Å². The lowest BCUT2D eigenvalue weighted by Crippen LogP contribution is -2.26. The van der Waals surface area contributed by atoms with Gasteiger partial charge in [-0.15, -0.1) is 0 Å². The maximum absolute atomic E-state index is 5.75. The standard InChI is InChI=1S/C14H19Br2NO/c15-7-5-12-6-8-17(11-12)9-10-18-14-3-1-13(16)2-4-14/h1-4,12H,5-11H2. The second kappa shape index (κ2) is 7.51. The van der Waals surface area contributed by atoms with Gasteiger partial charge in [0.2, 0.25) is 0 Å². The fraction of sp³-hybridized carbons (Fsp3) is 0.571. The molecule has 0 N–H and O–H groups in total. The maximum Gasteiger partial charge on any atom is 0.119 e. The molecule has 100 valence electrons. The van der Waals surface area contributed by atoms with E-state index in [1.807, 2.05) is 24.3 Å². The summed E-state index contributed by atoms with van der Waals surface area (Å²) in [5.41, 5.74) is 0. The van der Waals surface area contributed by atoms with Crippen LogP contribution in [0.15, 0.2) is 28.7 Å². The van der Waals surface area contributed by atoms with Gasteiger partial charge in [0.1, 0.15) is 12.4 Å². The lowest BCUT2D eigenvalue weighted by atomic mass is 10.1. The zero-order valence-electron chi connectivity index (χ0n) is 10.4. The third-order valence-corrected chi connectivity index (χ3v) is 4.36. The fourth-order valence-corrected chi connectivity index (χ4v) is 3.24. The molecule has 0 spiro atoms. The van der Waals surface area contributed by atoms with Gasteiger partial charge < -0.3 is 4.74 Å². The zero-order valence-corrected chi connectivity index (χ0v) is 13.6. The van der Waals surface area contributed by atoms with Crippen molar-refractivity contribution in [1.29, 1.82) is 0 Å². The Hall–Kier alpha value is -0.0600. The van der Waals surface area contributed by atoms with E-state index in [0.29, 0.717) is 0 Å². The summed E-state index contributed by atoms with van der Waals surface area (Å²) in [7, 11) is 0. The lowest BCUT2D eigenvalue weighted by Gasteiger charge is -2.16. The lowest BCUT2D eigenvalue weighted by molar-refractivity contribution is 0.232. The molecule has 1 saturated heterocycles. The zero-order chi connectivity index (χ0) is 12.8. The average Bonchev–Trinajstić information content (AvgIpc) is 2.80. The summed E-state index contributed by atoms with van der Waals surface area (Å²) in [6.07, 6.45) is 2.63. The van der Waals surface area contributed by atoms with Crippen LogP contribution < -0.4 is 4.74 Å². The third-order valence-electron chi connectivity index (χ3n) is 3.38. The van der Waals surface area contributed by atoms with Crippen LogP contribution in [0.25, 0.3) is 0 Å². The quantitative estimate of drug-likeness (QED) is 0.697. The summed E-state index contributed by atoms with van der Waals surface area (Å²) in [5.74, 6) is 1.83. The molecule has 1 aromatic carbocycles. The second-order valence-electron chi connectivity index (χ2n) is 4.74. The molecule has 0 radical (unpaired) electrons. The predicted octanol–water partition coefficient (Wildman–Crippen LogP) is 3.93. The number of halogens is 2. The van der Waals surface area contributed by atoms with Gasteiger partial charge in [0, 0.05) is 22.9 Å². The van der Waals surface area contributed by atoms with Crippen molar-refractivity contribution in [2.75, 3.05) is 31.6 Å². The van der Waals surface area contributed by atoms with E-state index in [9.17, 15) is 0 Å². The molecule has 0 saturated carbocycles. The van der Waals surface area contributed by atoms with Crippen LogP contribution in [0.1, 0.15) is 12.8 Å². The van der Waals surface area contributed by atoms with Crippen molar-refractivity contribution < 1.29 is 4.74 Å². The van der Waals surface area contributed by atoms with Gasteiger partial charge in [-0.1, -0.05) is 31.9 Å². The first-order chi connectivity index (χ1) is 8.78. The molecule has 1 fully saturated rings. The first-order valence-electron chi connectivity index (χ1n) is 6.44. The topological polar surface area (TPSA) is 12.5 Å². The Balaban J connectivity index is 1.65. The van der Waals surface area contributed by atoms with E-state index in [2.05, 4.69) is 36.8 Å². The fourth-order valence-electron chi connectivity index (χ4n) is 2.33. The Morgan fingerprint density at radius 2 is 2.06 bits per heavy atom. The Morgan fingerprint density at radius 3 is 2.78 bits per heavy atom. The van der Waals surface area contributed by atoms with Gasteiger partial charge in [-0.05, 0) is 49.6 Å². The Morgan fingerprint density at radius 1 is 1.28 bits per heavy atom. The highest BCUT2D eigenvalue weighted by atomic mass is 79.9. The summed E-state index contributed by atoms with van der Waals surface area (Å²) in [6.45, 7) is 4.27. The van der Waals surface area contributed by atoms with Gasteiger partial charge in [0.15, 0.2) is 0 Å². The molecule has 18 heavy (non-hydrogen) atoms. The van der Waals surface area contributed by atoms with Gasteiger partial charge in [-0.25, -0.2) is 0 Å². The van der Waals surface area contributed by atoms with Crippen molar-refractivity contribution in [3.8, 4) is 5.75 Å². The van der Waals surface area contributed by atoms with Gasteiger partial charge in [0.05, 0.1) is 0 Å². The van der Waals surface area contributed by atoms with E-state index < -0.39 is 0 Å². The third kappa shape index (κ3) is 4.56. The molecule has 1 unspecified atom stereocenters. The van der Waals surface area contributed by atoms with Crippen LogP contribution >= 0.6 is 31.9 Å². The smallest absolute Gasteiger partial charge is 0.119 e. The number of likely N-dealkylation sites (tertiary alicyclic amines) is 1. The summed E-state index contributed by atoms with van der Waals surface area (Å²) in [6, 6.07) is 8.03. The van der Waals surface area contributed by atoms with Crippen LogP contribution in [-0.2, 0) is 0 Å². The van der Waals surface area contributed by atoms with Crippen LogP contribution in [0, 0.1) is 5.92 Å². The average molecular weight is 377 g/mol.